The maximum atomic E-state index is 10.3. The lowest BCUT2D eigenvalue weighted by Crippen LogP contribution is -2.63. The molecular formula is C19H23NO4. The molecule has 5 heteroatoms. The van der Waals surface area contributed by atoms with Crippen LogP contribution in [-0.4, -0.2) is 62.8 Å². The monoisotopic (exact) mass is 329 g/mol. The number of likely N-dealkylation sites (tertiary alicyclic amines) is 1. The second kappa shape index (κ2) is 7.42. The van der Waals surface area contributed by atoms with Crippen LogP contribution >= 0.6 is 0 Å². The van der Waals surface area contributed by atoms with Gasteiger partial charge in [-0.2, -0.15) is 0 Å². The van der Waals surface area contributed by atoms with Gasteiger partial charge in [0.05, 0.1) is 24.8 Å². The van der Waals surface area contributed by atoms with Crippen molar-refractivity contribution in [1.29, 1.82) is 0 Å². The molecule has 128 valence electrons. The Morgan fingerprint density at radius 1 is 0.833 bits per heavy atom. The fraction of sp³-hybridized carbons (Fsp3) is 0.368. The number of rotatable bonds is 4. The van der Waals surface area contributed by atoms with Gasteiger partial charge < -0.3 is 20.4 Å². The van der Waals surface area contributed by atoms with Crippen molar-refractivity contribution in [2.24, 2.45) is 0 Å². The summed E-state index contributed by atoms with van der Waals surface area (Å²) in [5.74, 6) is 0. The first-order valence-corrected chi connectivity index (χ1v) is 8.14. The van der Waals surface area contributed by atoms with Crippen LogP contribution in [0.4, 0.5) is 0 Å². The van der Waals surface area contributed by atoms with Crippen LogP contribution in [0.2, 0.25) is 0 Å². The van der Waals surface area contributed by atoms with E-state index in [1.165, 1.54) is 0 Å². The summed E-state index contributed by atoms with van der Waals surface area (Å²) in [7, 11) is 0. The Labute approximate surface area is 141 Å². The lowest BCUT2D eigenvalue weighted by Gasteiger charge is -2.47. The van der Waals surface area contributed by atoms with Crippen LogP contribution in [0.5, 0.6) is 0 Å². The Balaban J connectivity index is 2.04. The van der Waals surface area contributed by atoms with E-state index in [-0.39, 0.29) is 19.2 Å². The highest BCUT2D eigenvalue weighted by Crippen LogP contribution is 2.34. The zero-order valence-electron chi connectivity index (χ0n) is 13.3. The van der Waals surface area contributed by atoms with Crippen LogP contribution in [0.25, 0.3) is 0 Å². The van der Waals surface area contributed by atoms with Gasteiger partial charge >= 0.3 is 0 Å². The predicted molar refractivity (Wildman–Crippen MR) is 90.3 cm³/mol. The molecule has 1 saturated heterocycles. The van der Waals surface area contributed by atoms with Gasteiger partial charge in [-0.05, 0) is 11.1 Å². The van der Waals surface area contributed by atoms with Crippen LogP contribution < -0.4 is 0 Å². The van der Waals surface area contributed by atoms with Gasteiger partial charge in [0, 0.05) is 6.54 Å². The standard InChI is InChI=1S/C19H23NO4/c21-12-15-18(23)19(24)16(22)11-20(15)17(13-7-3-1-4-8-13)14-9-5-2-6-10-14/h1-10,15-19,21-24H,11-12H2/t15-,16-,18-,19-/m1/s1. The number of β-amino-alcohol motifs (C(OH)–C–C–N with tert-alkyl or cyclic N) is 1. The molecule has 4 N–H and O–H groups in total. The first-order chi connectivity index (χ1) is 11.6. The van der Waals surface area contributed by atoms with E-state index in [9.17, 15) is 20.4 Å². The summed E-state index contributed by atoms with van der Waals surface area (Å²) in [5, 5.41) is 40.2. The van der Waals surface area contributed by atoms with Crippen molar-refractivity contribution in [3.63, 3.8) is 0 Å². The van der Waals surface area contributed by atoms with Crippen molar-refractivity contribution < 1.29 is 20.4 Å². The molecule has 2 aromatic rings. The van der Waals surface area contributed by atoms with Gasteiger partial charge in [0.25, 0.3) is 0 Å². The van der Waals surface area contributed by atoms with Crippen molar-refractivity contribution in [3.05, 3.63) is 71.8 Å². The zero-order chi connectivity index (χ0) is 17.1. The molecule has 0 saturated carbocycles. The second-order valence-electron chi connectivity index (χ2n) is 6.22. The molecule has 0 aromatic heterocycles. The normalized spacial score (nSPS) is 28.2. The van der Waals surface area contributed by atoms with E-state index in [0.29, 0.717) is 0 Å². The van der Waals surface area contributed by atoms with Gasteiger partial charge in [0.15, 0.2) is 0 Å². The molecule has 0 bridgehead atoms. The Hall–Kier alpha value is -1.76. The highest BCUT2D eigenvalue weighted by Gasteiger charge is 2.44. The molecule has 1 heterocycles. The van der Waals surface area contributed by atoms with Crippen LogP contribution in [-0.2, 0) is 0 Å². The number of benzene rings is 2. The van der Waals surface area contributed by atoms with Gasteiger partial charge in [-0.15, -0.1) is 0 Å². The molecule has 0 spiro atoms. The van der Waals surface area contributed by atoms with Gasteiger partial charge in [0.1, 0.15) is 12.2 Å². The Kier molecular flexibility index (Phi) is 5.28. The van der Waals surface area contributed by atoms with E-state index in [1.807, 2.05) is 65.6 Å². The summed E-state index contributed by atoms with van der Waals surface area (Å²) in [6, 6.07) is 18.6. The molecule has 0 unspecified atom stereocenters. The second-order valence-corrected chi connectivity index (χ2v) is 6.22. The number of hydrogen-bond acceptors (Lipinski definition) is 5. The summed E-state index contributed by atoms with van der Waals surface area (Å²) >= 11 is 0. The summed E-state index contributed by atoms with van der Waals surface area (Å²) in [6.07, 6.45) is -3.54. The van der Waals surface area contributed by atoms with E-state index < -0.39 is 24.4 Å². The number of hydrogen-bond donors (Lipinski definition) is 4. The Bertz CT molecular complexity index is 597. The molecule has 24 heavy (non-hydrogen) atoms. The third-order valence-electron chi connectivity index (χ3n) is 4.71. The van der Waals surface area contributed by atoms with Gasteiger partial charge in [-0.25, -0.2) is 0 Å². The van der Waals surface area contributed by atoms with Crippen molar-refractivity contribution in [1.82, 2.24) is 4.90 Å². The van der Waals surface area contributed by atoms with Gasteiger partial charge in [-0.3, -0.25) is 4.90 Å². The summed E-state index contributed by atoms with van der Waals surface area (Å²) < 4.78 is 0. The molecule has 1 aliphatic rings. The number of aliphatic hydroxyl groups excluding tert-OH is 4. The third kappa shape index (κ3) is 3.22. The van der Waals surface area contributed by atoms with Crippen molar-refractivity contribution >= 4 is 0 Å². The van der Waals surface area contributed by atoms with E-state index in [0.717, 1.165) is 11.1 Å². The molecule has 1 fully saturated rings. The lowest BCUT2D eigenvalue weighted by atomic mass is 9.88. The summed E-state index contributed by atoms with van der Waals surface area (Å²) in [6.45, 7) is -0.140. The highest BCUT2D eigenvalue weighted by molar-refractivity contribution is 5.32. The molecule has 0 amide bonds. The van der Waals surface area contributed by atoms with Crippen LogP contribution in [0.1, 0.15) is 17.2 Å². The van der Waals surface area contributed by atoms with Crippen LogP contribution in [0.3, 0.4) is 0 Å². The number of nitrogens with zero attached hydrogens (tertiary/aromatic N) is 1. The Morgan fingerprint density at radius 3 is 1.79 bits per heavy atom. The van der Waals surface area contributed by atoms with Gasteiger partial charge in [-0.1, -0.05) is 60.7 Å². The number of piperidine rings is 1. The fourth-order valence-corrected chi connectivity index (χ4v) is 3.47. The van der Waals surface area contributed by atoms with Gasteiger partial charge in [0.2, 0.25) is 0 Å². The van der Waals surface area contributed by atoms with Crippen molar-refractivity contribution in [3.8, 4) is 0 Å². The average Bonchev–Trinajstić information content (AvgIpc) is 2.62. The molecule has 1 aliphatic heterocycles. The topological polar surface area (TPSA) is 84.2 Å². The maximum Gasteiger partial charge on any atom is 0.109 e. The Morgan fingerprint density at radius 2 is 1.33 bits per heavy atom. The smallest absolute Gasteiger partial charge is 0.109 e. The van der Waals surface area contributed by atoms with Crippen LogP contribution in [0, 0.1) is 0 Å². The first kappa shape index (κ1) is 17.1. The van der Waals surface area contributed by atoms with Crippen LogP contribution in [0.15, 0.2) is 60.7 Å². The largest absolute Gasteiger partial charge is 0.395 e. The minimum Gasteiger partial charge on any atom is -0.395 e. The quantitative estimate of drug-likeness (QED) is 0.658. The van der Waals surface area contributed by atoms with Crippen molar-refractivity contribution in [2.75, 3.05) is 13.2 Å². The van der Waals surface area contributed by atoms with E-state index in [4.69, 9.17) is 0 Å². The SMILES string of the molecule is OC[C@@H]1[C@@H](O)[C@H](O)[C@H](O)CN1C(c1ccccc1)c1ccccc1. The molecule has 0 radical (unpaired) electrons. The summed E-state index contributed by atoms with van der Waals surface area (Å²) in [5.41, 5.74) is 2.00. The van der Waals surface area contributed by atoms with Crippen molar-refractivity contribution in [2.45, 2.75) is 30.4 Å². The average molecular weight is 329 g/mol. The molecule has 3 rings (SSSR count). The first-order valence-electron chi connectivity index (χ1n) is 8.14. The fourth-order valence-electron chi connectivity index (χ4n) is 3.47. The minimum absolute atomic E-state index is 0.165. The molecule has 4 atom stereocenters. The molecular weight excluding hydrogens is 306 g/mol. The highest BCUT2D eigenvalue weighted by atomic mass is 16.4. The van der Waals surface area contributed by atoms with E-state index >= 15 is 0 Å². The zero-order valence-corrected chi connectivity index (χ0v) is 13.3. The molecule has 0 aliphatic carbocycles. The predicted octanol–water partition coefficient (Wildman–Crippen LogP) is 0.535. The number of aliphatic hydroxyl groups is 4. The molecule has 2 aromatic carbocycles. The van der Waals surface area contributed by atoms with E-state index in [1.54, 1.807) is 0 Å². The third-order valence-corrected chi connectivity index (χ3v) is 4.71. The maximum absolute atomic E-state index is 10.3. The molecule has 5 nitrogen and oxygen atoms in total. The minimum atomic E-state index is -1.26. The lowest BCUT2D eigenvalue weighted by molar-refractivity contribution is -0.151. The van der Waals surface area contributed by atoms with E-state index in [2.05, 4.69) is 0 Å². The summed E-state index contributed by atoms with van der Waals surface area (Å²) in [4.78, 5) is 1.87.